The number of hydrogen-bond donors (Lipinski definition) is 0. The summed E-state index contributed by atoms with van der Waals surface area (Å²) < 4.78 is 6.02. The molecule has 1 aromatic carbocycles. The molecule has 0 saturated carbocycles. The van der Waals surface area contributed by atoms with Crippen LogP contribution >= 0.6 is 11.3 Å². The number of carbonyl (C=O) groups excluding carboxylic acids is 1. The summed E-state index contributed by atoms with van der Waals surface area (Å²) in [5, 5.41) is 7.02. The van der Waals surface area contributed by atoms with E-state index in [1.165, 1.54) is 11.0 Å². The Bertz CT molecular complexity index is 733. The van der Waals surface area contributed by atoms with E-state index in [4.69, 9.17) is 4.52 Å². The normalized spacial score (nSPS) is 12.5. The largest absolute Gasteiger partial charge is 0.364 e. The first-order chi connectivity index (χ1) is 9.66. The van der Waals surface area contributed by atoms with Crippen molar-refractivity contribution in [2.75, 3.05) is 7.05 Å². The Hall–Kier alpha value is -2.14. The van der Waals surface area contributed by atoms with Gasteiger partial charge in [-0.15, -0.1) is 11.3 Å². The molecule has 4 nitrogen and oxygen atoms in total. The third-order valence-corrected chi connectivity index (χ3v) is 4.38. The number of fused-ring (bicyclic) bond motifs is 1. The number of nitrogens with zero attached hydrogens (tertiary/aromatic N) is 2. The topological polar surface area (TPSA) is 46.3 Å². The van der Waals surface area contributed by atoms with Crippen LogP contribution in [0.2, 0.25) is 0 Å². The molecule has 0 aliphatic rings. The summed E-state index contributed by atoms with van der Waals surface area (Å²) in [6.07, 6.45) is 1.52. The second-order valence-corrected chi connectivity index (χ2v) is 5.64. The highest BCUT2D eigenvalue weighted by Gasteiger charge is 2.21. The van der Waals surface area contributed by atoms with Crippen LogP contribution in [0.25, 0.3) is 10.1 Å². The molecule has 3 aromatic rings. The highest BCUT2D eigenvalue weighted by molar-refractivity contribution is 7.17. The maximum atomic E-state index is 12.5. The van der Waals surface area contributed by atoms with Crippen LogP contribution in [0.3, 0.4) is 0 Å². The molecule has 0 saturated heterocycles. The Labute approximate surface area is 120 Å². The SMILES string of the molecule is CC(c1ccon1)N(C)C(=O)c1ccc2sccc2c1. The summed E-state index contributed by atoms with van der Waals surface area (Å²) in [5.41, 5.74) is 1.44. The molecule has 102 valence electrons. The van der Waals surface area contributed by atoms with E-state index < -0.39 is 0 Å². The molecular formula is C15H14N2O2S. The van der Waals surface area contributed by atoms with Gasteiger partial charge in [-0.25, -0.2) is 0 Å². The minimum atomic E-state index is -0.126. The van der Waals surface area contributed by atoms with Gasteiger partial charge in [0.05, 0.1) is 6.04 Å². The van der Waals surface area contributed by atoms with Crippen LogP contribution in [-0.2, 0) is 0 Å². The summed E-state index contributed by atoms with van der Waals surface area (Å²) in [5.74, 6) is -0.0198. The zero-order chi connectivity index (χ0) is 14.1. The fraction of sp³-hybridized carbons (Fsp3) is 0.200. The lowest BCUT2D eigenvalue weighted by Gasteiger charge is -2.23. The Morgan fingerprint density at radius 2 is 2.20 bits per heavy atom. The van der Waals surface area contributed by atoms with Gasteiger partial charge in [0.1, 0.15) is 12.0 Å². The number of aromatic nitrogens is 1. The van der Waals surface area contributed by atoms with Gasteiger partial charge in [0.25, 0.3) is 5.91 Å². The maximum Gasteiger partial charge on any atom is 0.254 e. The van der Waals surface area contributed by atoms with Gasteiger partial charge in [-0.05, 0) is 42.0 Å². The van der Waals surface area contributed by atoms with Crippen LogP contribution in [0.5, 0.6) is 0 Å². The van der Waals surface area contributed by atoms with Gasteiger partial charge in [-0.3, -0.25) is 4.79 Å². The highest BCUT2D eigenvalue weighted by atomic mass is 32.1. The quantitative estimate of drug-likeness (QED) is 0.737. The van der Waals surface area contributed by atoms with Gasteiger partial charge in [0.2, 0.25) is 0 Å². The molecule has 0 fully saturated rings. The first kappa shape index (κ1) is 12.9. The molecule has 5 heteroatoms. The van der Waals surface area contributed by atoms with E-state index in [1.807, 2.05) is 36.6 Å². The molecule has 1 atom stereocenters. The first-order valence-corrected chi connectivity index (χ1v) is 7.19. The Morgan fingerprint density at radius 1 is 1.35 bits per heavy atom. The summed E-state index contributed by atoms with van der Waals surface area (Å²) >= 11 is 1.67. The molecule has 3 rings (SSSR count). The summed E-state index contributed by atoms with van der Waals surface area (Å²) in [4.78, 5) is 14.2. The van der Waals surface area contributed by atoms with Crippen LogP contribution in [0, 0.1) is 0 Å². The summed E-state index contributed by atoms with van der Waals surface area (Å²) in [7, 11) is 1.78. The minimum Gasteiger partial charge on any atom is -0.364 e. The van der Waals surface area contributed by atoms with Crippen LogP contribution in [0.15, 0.2) is 46.5 Å². The van der Waals surface area contributed by atoms with E-state index in [2.05, 4.69) is 5.16 Å². The van der Waals surface area contributed by atoms with Crippen molar-refractivity contribution in [1.82, 2.24) is 10.1 Å². The lowest BCUT2D eigenvalue weighted by Crippen LogP contribution is -2.29. The highest BCUT2D eigenvalue weighted by Crippen LogP contribution is 2.24. The molecule has 0 spiro atoms. The Morgan fingerprint density at radius 3 is 2.95 bits per heavy atom. The van der Waals surface area contributed by atoms with Crippen LogP contribution in [0.1, 0.15) is 29.0 Å². The number of carbonyl (C=O) groups is 1. The van der Waals surface area contributed by atoms with E-state index in [1.54, 1.807) is 29.4 Å². The molecule has 20 heavy (non-hydrogen) atoms. The van der Waals surface area contributed by atoms with Crippen molar-refractivity contribution in [3.63, 3.8) is 0 Å². The molecular weight excluding hydrogens is 272 g/mol. The zero-order valence-corrected chi connectivity index (χ0v) is 12.1. The van der Waals surface area contributed by atoms with Crippen molar-refractivity contribution in [1.29, 1.82) is 0 Å². The van der Waals surface area contributed by atoms with Crippen LogP contribution < -0.4 is 0 Å². The molecule has 0 bridgehead atoms. The van der Waals surface area contributed by atoms with E-state index in [-0.39, 0.29) is 11.9 Å². The first-order valence-electron chi connectivity index (χ1n) is 6.31. The van der Waals surface area contributed by atoms with Gasteiger partial charge < -0.3 is 9.42 Å². The van der Waals surface area contributed by atoms with Gasteiger partial charge in [0.15, 0.2) is 0 Å². The van der Waals surface area contributed by atoms with Gasteiger partial charge in [0, 0.05) is 23.4 Å². The zero-order valence-electron chi connectivity index (χ0n) is 11.2. The third kappa shape index (κ3) is 2.20. The van der Waals surface area contributed by atoms with Crippen LogP contribution in [-0.4, -0.2) is 23.0 Å². The lowest BCUT2D eigenvalue weighted by molar-refractivity contribution is 0.0738. The molecule has 2 heterocycles. The number of thiophene rings is 1. The predicted molar refractivity (Wildman–Crippen MR) is 78.8 cm³/mol. The Balaban J connectivity index is 1.87. The second kappa shape index (κ2) is 5.09. The van der Waals surface area contributed by atoms with Crippen molar-refractivity contribution in [3.8, 4) is 0 Å². The standard InChI is InChI=1S/C15H14N2O2S/c1-10(13-5-7-19-16-13)17(2)15(18)12-3-4-14-11(9-12)6-8-20-14/h3-10H,1-2H3. The molecule has 0 radical (unpaired) electrons. The van der Waals surface area contributed by atoms with E-state index in [0.717, 1.165) is 11.1 Å². The van der Waals surface area contributed by atoms with E-state index in [9.17, 15) is 4.79 Å². The average Bonchev–Trinajstić information content (AvgIpc) is 3.14. The van der Waals surface area contributed by atoms with Crippen molar-refractivity contribution >= 4 is 27.3 Å². The molecule has 0 aliphatic carbocycles. The number of hydrogen-bond acceptors (Lipinski definition) is 4. The average molecular weight is 286 g/mol. The maximum absolute atomic E-state index is 12.5. The summed E-state index contributed by atoms with van der Waals surface area (Å²) in [6, 6.07) is 9.46. The van der Waals surface area contributed by atoms with Crippen LogP contribution in [0.4, 0.5) is 0 Å². The van der Waals surface area contributed by atoms with Crippen molar-refractivity contribution in [2.45, 2.75) is 13.0 Å². The third-order valence-electron chi connectivity index (χ3n) is 3.49. The van der Waals surface area contributed by atoms with Crippen molar-refractivity contribution < 1.29 is 9.32 Å². The van der Waals surface area contributed by atoms with Crippen molar-refractivity contribution in [2.24, 2.45) is 0 Å². The molecule has 1 amide bonds. The molecule has 0 N–H and O–H groups in total. The van der Waals surface area contributed by atoms with Gasteiger partial charge >= 0.3 is 0 Å². The minimum absolute atomic E-state index is 0.0198. The number of amides is 1. The number of rotatable bonds is 3. The smallest absolute Gasteiger partial charge is 0.254 e. The predicted octanol–water partition coefficient (Wildman–Crippen LogP) is 3.72. The van der Waals surface area contributed by atoms with E-state index in [0.29, 0.717) is 5.56 Å². The molecule has 2 aromatic heterocycles. The fourth-order valence-corrected chi connectivity index (χ4v) is 2.89. The fourth-order valence-electron chi connectivity index (χ4n) is 2.12. The lowest BCUT2D eigenvalue weighted by atomic mass is 10.1. The number of benzene rings is 1. The second-order valence-electron chi connectivity index (χ2n) is 4.69. The van der Waals surface area contributed by atoms with Crippen molar-refractivity contribution in [3.05, 3.63) is 53.2 Å². The van der Waals surface area contributed by atoms with Gasteiger partial charge in [-0.1, -0.05) is 5.16 Å². The molecule has 0 aliphatic heterocycles. The van der Waals surface area contributed by atoms with E-state index >= 15 is 0 Å². The monoisotopic (exact) mass is 286 g/mol. The molecule has 1 unspecified atom stereocenters. The summed E-state index contributed by atoms with van der Waals surface area (Å²) in [6.45, 7) is 1.93. The van der Waals surface area contributed by atoms with Gasteiger partial charge in [-0.2, -0.15) is 0 Å². The Kier molecular flexibility index (Phi) is 3.28.